The van der Waals surface area contributed by atoms with Gasteiger partial charge >= 0.3 is 6.18 Å². The van der Waals surface area contributed by atoms with Crippen molar-refractivity contribution < 1.29 is 23.1 Å². The van der Waals surface area contributed by atoms with Crippen molar-refractivity contribution in [3.05, 3.63) is 45.6 Å². The van der Waals surface area contributed by atoms with Gasteiger partial charge in [-0.25, -0.2) is 9.67 Å². The Morgan fingerprint density at radius 2 is 1.97 bits per heavy atom. The number of alkyl halides is 3. The molecule has 1 aromatic heterocycles. The summed E-state index contributed by atoms with van der Waals surface area (Å²) in [7, 11) is 0. The van der Waals surface area contributed by atoms with Crippen molar-refractivity contribution in [2.75, 3.05) is 6.61 Å². The number of carbonyl (C=O) groups is 1. The number of hydrogen-bond donors (Lipinski definition) is 2. The van der Waals surface area contributed by atoms with Crippen LogP contribution in [0.1, 0.15) is 44.5 Å². The second kappa shape index (κ2) is 9.41. The Balaban J connectivity index is 2.11. The Labute approximate surface area is 193 Å². The molecule has 174 valence electrons. The number of aliphatic imine (C=N–C) groups is 1. The van der Waals surface area contributed by atoms with Gasteiger partial charge in [0.15, 0.2) is 11.5 Å². The molecule has 0 bridgehead atoms. The topological polar surface area (TPSA) is 79.5 Å². The molecule has 0 saturated carbocycles. The van der Waals surface area contributed by atoms with Crippen molar-refractivity contribution in [2.45, 2.75) is 45.5 Å². The highest BCUT2D eigenvalue weighted by Crippen LogP contribution is 2.41. The van der Waals surface area contributed by atoms with Gasteiger partial charge < -0.3 is 10.4 Å². The van der Waals surface area contributed by atoms with E-state index >= 15 is 0 Å². The zero-order valence-electron chi connectivity index (χ0n) is 17.6. The van der Waals surface area contributed by atoms with Crippen molar-refractivity contribution in [1.29, 1.82) is 0 Å². The highest BCUT2D eigenvalue weighted by atomic mass is 35.5. The summed E-state index contributed by atoms with van der Waals surface area (Å²) in [5.74, 6) is -1.48. The van der Waals surface area contributed by atoms with Gasteiger partial charge in [-0.1, -0.05) is 49.5 Å². The Bertz CT molecular complexity index is 1040. The second-order valence-corrected chi connectivity index (χ2v) is 8.68. The number of amides is 1. The lowest BCUT2D eigenvalue weighted by Gasteiger charge is -2.33. The summed E-state index contributed by atoms with van der Waals surface area (Å²) >= 11 is 12.2. The van der Waals surface area contributed by atoms with Gasteiger partial charge in [-0.15, -0.1) is 0 Å². The van der Waals surface area contributed by atoms with E-state index in [0.29, 0.717) is 11.3 Å². The maximum absolute atomic E-state index is 13.3. The number of nitrogens with zero attached hydrogens (tertiary/aromatic N) is 3. The Kier molecular flexibility index (Phi) is 7.21. The number of halogens is 5. The first kappa shape index (κ1) is 24.5. The average Bonchev–Trinajstić information content (AvgIpc) is 3.16. The highest BCUT2D eigenvalue weighted by molar-refractivity contribution is 6.42. The number of aliphatic hydroxyl groups excluding tert-OH is 1. The summed E-state index contributed by atoms with van der Waals surface area (Å²) in [6.07, 6.45) is -3.95. The van der Waals surface area contributed by atoms with Crippen LogP contribution in [0.3, 0.4) is 0 Å². The van der Waals surface area contributed by atoms with Gasteiger partial charge in [-0.2, -0.15) is 18.3 Å². The number of carbonyl (C=O) groups excluding carboxylic acids is 1. The molecule has 11 heteroatoms. The molecular weight excluding hydrogens is 468 g/mol. The van der Waals surface area contributed by atoms with Crippen LogP contribution in [-0.2, 0) is 11.0 Å². The summed E-state index contributed by atoms with van der Waals surface area (Å²) in [5.41, 5.74) is -0.334. The van der Waals surface area contributed by atoms with E-state index in [4.69, 9.17) is 23.2 Å². The van der Waals surface area contributed by atoms with Crippen LogP contribution in [-0.4, -0.2) is 39.2 Å². The third kappa shape index (κ3) is 4.79. The lowest BCUT2D eigenvalue weighted by molar-refractivity contribution is -0.141. The Morgan fingerprint density at radius 3 is 2.53 bits per heavy atom. The SMILES string of the molecule is CC[C@H](C)[C@@H](CO)NC(=O)C1C(C)=Nc2cc(C(F)(F)F)nn2C1c1ccc(Cl)c(Cl)c1. The van der Waals surface area contributed by atoms with Gasteiger partial charge in [-0.3, -0.25) is 4.79 Å². The Morgan fingerprint density at radius 1 is 1.28 bits per heavy atom. The van der Waals surface area contributed by atoms with Crippen LogP contribution >= 0.6 is 23.2 Å². The zero-order valence-corrected chi connectivity index (χ0v) is 19.1. The van der Waals surface area contributed by atoms with Crippen LogP contribution in [0.25, 0.3) is 0 Å². The molecule has 2 heterocycles. The molecule has 4 atom stereocenters. The molecule has 0 saturated heterocycles. The van der Waals surface area contributed by atoms with Gasteiger partial charge in [0.05, 0.1) is 28.7 Å². The smallest absolute Gasteiger partial charge is 0.394 e. The van der Waals surface area contributed by atoms with E-state index in [0.717, 1.165) is 17.2 Å². The monoisotopic (exact) mass is 490 g/mol. The normalized spacial score (nSPS) is 20.3. The fourth-order valence-corrected chi connectivity index (χ4v) is 4.03. The minimum atomic E-state index is -4.67. The number of fused-ring (bicyclic) bond motifs is 1. The van der Waals surface area contributed by atoms with Gasteiger partial charge in [0, 0.05) is 11.8 Å². The van der Waals surface area contributed by atoms with E-state index in [1.165, 1.54) is 12.1 Å². The molecule has 1 aliphatic rings. The first-order valence-electron chi connectivity index (χ1n) is 10.1. The van der Waals surface area contributed by atoms with E-state index in [-0.39, 0.29) is 28.4 Å². The average molecular weight is 491 g/mol. The minimum Gasteiger partial charge on any atom is -0.394 e. The predicted octanol–water partition coefficient (Wildman–Crippen LogP) is 5.04. The van der Waals surface area contributed by atoms with Crippen LogP contribution in [0, 0.1) is 11.8 Å². The number of aromatic nitrogens is 2. The summed E-state index contributed by atoms with van der Waals surface area (Å²) in [6, 6.07) is 4.00. The summed E-state index contributed by atoms with van der Waals surface area (Å²) in [4.78, 5) is 17.6. The predicted molar refractivity (Wildman–Crippen MR) is 117 cm³/mol. The summed E-state index contributed by atoms with van der Waals surface area (Å²) in [6.45, 7) is 5.13. The lowest BCUT2D eigenvalue weighted by atomic mass is 9.86. The largest absolute Gasteiger partial charge is 0.435 e. The molecule has 2 aromatic rings. The van der Waals surface area contributed by atoms with Crippen LogP contribution in [0.15, 0.2) is 29.3 Å². The number of hydrogen-bond acceptors (Lipinski definition) is 4. The molecule has 32 heavy (non-hydrogen) atoms. The molecule has 2 unspecified atom stereocenters. The first-order valence-corrected chi connectivity index (χ1v) is 10.8. The van der Waals surface area contributed by atoms with Crippen molar-refractivity contribution in [3.8, 4) is 0 Å². The van der Waals surface area contributed by atoms with E-state index in [1.807, 2.05) is 13.8 Å². The van der Waals surface area contributed by atoms with Crippen LogP contribution in [0.4, 0.5) is 19.0 Å². The van der Waals surface area contributed by atoms with Gasteiger partial charge in [-0.05, 0) is 30.5 Å². The Hall–Kier alpha value is -2.10. The summed E-state index contributed by atoms with van der Waals surface area (Å²) < 4.78 is 41.1. The third-order valence-corrected chi connectivity index (χ3v) is 6.49. The maximum Gasteiger partial charge on any atom is 0.435 e. The standard InChI is InChI=1S/C21H23Cl2F3N4O2/c1-4-10(2)15(9-31)28-20(32)18-11(3)27-17-8-16(21(24,25)26)29-30(17)19(18)12-5-6-13(22)14(23)7-12/h5-8,10,15,18-19,31H,4,9H2,1-3H3,(H,28,32)/t10-,15+,18?,19?/m0/s1. The second-order valence-electron chi connectivity index (χ2n) is 7.86. The molecule has 0 radical (unpaired) electrons. The molecule has 0 spiro atoms. The molecule has 1 aromatic carbocycles. The van der Waals surface area contributed by atoms with Gasteiger partial charge in [0.2, 0.25) is 5.91 Å². The molecule has 0 fully saturated rings. The third-order valence-electron chi connectivity index (χ3n) is 5.75. The van der Waals surface area contributed by atoms with E-state index in [1.54, 1.807) is 13.0 Å². The molecule has 6 nitrogen and oxygen atoms in total. The van der Waals surface area contributed by atoms with Crippen LogP contribution < -0.4 is 5.32 Å². The number of rotatable bonds is 6. The number of aliphatic hydroxyl groups is 1. The fraction of sp³-hybridized carbons (Fsp3) is 0.476. The maximum atomic E-state index is 13.3. The number of benzene rings is 1. The molecule has 2 N–H and O–H groups in total. The molecule has 1 amide bonds. The fourth-order valence-electron chi connectivity index (χ4n) is 3.72. The van der Waals surface area contributed by atoms with Gasteiger partial charge in [0.1, 0.15) is 5.92 Å². The quantitative estimate of drug-likeness (QED) is 0.594. The highest BCUT2D eigenvalue weighted by Gasteiger charge is 2.42. The minimum absolute atomic E-state index is 0.00897. The van der Waals surface area contributed by atoms with Crippen molar-refractivity contribution in [3.63, 3.8) is 0 Å². The first-order chi connectivity index (χ1) is 15.0. The molecule has 3 rings (SSSR count). The van der Waals surface area contributed by atoms with Crippen LogP contribution in [0.2, 0.25) is 10.0 Å². The summed E-state index contributed by atoms with van der Waals surface area (Å²) in [5, 5.41) is 16.7. The number of nitrogens with one attached hydrogen (secondary N) is 1. The molecule has 1 aliphatic heterocycles. The van der Waals surface area contributed by atoms with Crippen molar-refractivity contribution >= 4 is 40.6 Å². The van der Waals surface area contributed by atoms with E-state index in [2.05, 4.69) is 15.4 Å². The van der Waals surface area contributed by atoms with Crippen molar-refractivity contribution in [2.24, 2.45) is 16.8 Å². The van der Waals surface area contributed by atoms with Crippen molar-refractivity contribution in [1.82, 2.24) is 15.1 Å². The van der Waals surface area contributed by atoms with Crippen LogP contribution in [0.5, 0.6) is 0 Å². The molecular formula is C21H23Cl2F3N4O2. The molecule has 0 aliphatic carbocycles. The van der Waals surface area contributed by atoms with Gasteiger partial charge in [0.25, 0.3) is 0 Å². The van der Waals surface area contributed by atoms with E-state index < -0.39 is 35.8 Å². The zero-order chi connectivity index (χ0) is 23.8. The van der Waals surface area contributed by atoms with E-state index in [9.17, 15) is 23.1 Å². The lowest BCUT2D eigenvalue weighted by Crippen LogP contribution is -2.49.